The summed E-state index contributed by atoms with van der Waals surface area (Å²) in [5.74, 6) is -0.572. The molecule has 210 valence electrons. The van der Waals surface area contributed by atoms with E-state index in [4.69, 9.17) is 23.2 Å². The van der Waals surface area contributed by atoms with Crippen LogP contribution in [0.1, 0.15) is 53.1 Å². The van der Waals surface area contributed by atoms with E-state index in [0.717, 1.165) is 43.2 Å². The van der Waals surface area contributed by atoms with Gasteiger partial charge in [0.25, 0.3) is 5.91 Å². The average Bonchev–Trinajstić information content (AvgIpc) is 3.62. The number of likely N-dealkylation sites (tertiary alicyclic amines) is 1. The third-order valence-electron chi connectivity index (χ3n) is 8.61. The van der Waals surface area contributed by atoms with Gasteiger partial charge in [-0.15, -0.1) is 0 Å². The maximum atomic E-state index is 14.5. The van der Waals surface area contributed by atoms with Crippen molar-refractivity contribution < 1.29 is 22.8 Å². The molecule has 2 heterocycles. The molecular weight excluding hydrogens is 550 g/mol. The molecule has 2 aromatic rings. The van der Waals surface area contributed by atoms with Gasteiger partial charge >= 0.3 is 6.18 Å². The fourth-order valence-corrected chi connectivity index (χ4v) is 6.56. The Morgan fingerprint density at radius 1 is 1.05 bits per heavy atom. The lowest BCUT2D eigenvalue weighted by Gasteiger charge is -2.45. The lowest BCUT2D eigenvalue weighted by atomic mass is 9.71. The highest BCUT2D eigenvalue weighted by atomic mass is 35.5. The zero-order chi connectivity index (χ0) is 27.9. The van der Waals surface area contributed by atoms with E-state index < -0.39 is 34.1 Å². The van der Waals surface area contributed by atoms with E-state index in [1.807, 2.05) is 12.1 Å². The van der Waals surface area contributed by atoms with Crippen molar-refractivity contribution >= 4 is 34.9 Å². The summed E-state index contributed by atoms with van der Waals surface area (Å²) in [6, 6.07) is 10.3. The van der Waals surface area contributed by atoms with E-state index in [2.05, 4.69) is 10.2 Å². The predicted octanol–water partition coefficient (Wildman–Crippen LogP) is 5.90. The molecule has 1 saturated carbocycles. The molecule has 2 aromatic carbocycles. The van der Waals surface area contributed by atoms with Gasteiger partial charge < -0.3 is 15.1 Å². The Hall–Kier alpha value is -2.13. The maximum absolute atomic E-state index is 14.5. The van der Waals surface area contributed by atoms with Crippen LogP contribution in [0.4, 0.5) is 13.2 Å². The molecule has 2 saturated heterocycles. The second kappa shape index (κ2) is 11.0. The van der Waals surface area contributed by atoms with Crippen LogP contribution >= 0.6 is 23.2 Å². The molecule has 1 amide bonds. The van der Waals surface area contributed by atoms with Crippen molar-refractivity contribution in [3.8, 4) is 0 Å². The molecule has 2 atom stereocenters. The molecule has 0 aromatic heterocycles. The number of hydrogen-bond donors (Lipinski definition) is 1. The molecule has 39 heavy (non-hydrogen) atoms. The molecule has 0 spiro atoms. The predicted molar refractivity (Wildman–Crippen MR) is 145 cm³/mol. The zero-order valence-electron chi connectivity index (χ0n) is 21.7. The largest absolute Gasteiger partial charge is 0.417 e. The Morgan fingerprint density at radius 2 is 1.72 bits per heavy atom. The summed E-state index contributed by atoms with van der Waals surface area (Å²) in [6.45, 7) is 3.37. The molecule has 3 fully saturated rings. The van der Waals surface area contributed by atoms with E-state index in [1.165, 1.54) is 30.9 Å². The van der Waals surface area contributed by atoms with E-state index >= 15 is 0 Å². The van der Waals surface area contributed by atoms with Gasteiger partial charge in [0.2, 0.25) is 0 Å². The highest BCUT2D eigenvalue weighted by Gasteiger charge is 2.56. The number of Topliss-reactive ketones (excluding diaryl/α,β-unsaturated/α-hetero) is 1. The van der Waals surface area contributed by atoms with Crippen LogP contribution < -0.4 is 5.32 Å². The van der Waals surface area contributed by atoms with Crippen LogP contribution in [-0.2, 0) is 11.0 Å². The number of nitrogens with one attached hydrogen (secondary N) is 1. The standard InChI is InChI=1S/C29H32Cl2F3N3O2/c1-36(27(39)21-6-9-25(31)23(14-21)29(32,33)34)28(17-35-15-24(28)19-4-7-22(30)8-5-19)26(38)20-10-12-37(13-11-20)16-18-2-3-18/h4-9,14,18,20,24,35H,2-3,10-13,15-17H2,1H3/t24-,28+/m0/s1. The number of halogens is 5. The topological polar surface area (TPSA) is 52.7 Å². The number of carbonyl (C=O) groups is 2. The van der Waals surface area contributed by atoms with E-state index in [-0.39, 0.29) is 23.8 Å². The van der Waals surface area contributed by atoms with Crippen LogP contribution in [0, 0.1) is 11.8 Å². The number of carbonyl (C=O) groups excluding carboxylic acids is 2. The highest BCUT2D eigenvalue weighted by Crippen LogP contribution is 2.42. The van der Waals surface area contributed by atoms with Crippen LogP contribution in [0.3, 0.4) is 0 Å². The summed E-state index contributed by atoms with van der Waals surface area (Å²) in [5.41, 5.74) is -1.67. The van der Waals surface area contributed by atoms with Crippen LogP contribution in [-0.4, -0.2) is 66.8 Å². The minimum atomic E-state index is -4.71. The van der Waals surface area contributed by atoms with Crippen molar-refractivity contribution in [3.05, 3.63) is 69.2 Å². The van der Waals surface area contributed by atoms with Crippen molar-refractivity contribution in [3.63, 3.8) is 0 Å². The van der Waals surface area contributed by atoms with Gasteiger partial charge in [0, 0.05) is 49.1 Å². The quantitative estimate of drug-likeness (QED) is 0.442. The maximum Gasteiger partial charge on any atom is 0.417 e. The first kappa shape index (κ1) is 28.4. The number of likely N-dealkylation sites (N-methyl/N-ethyl adjacent to an activating group) is 1. The van der Waals surface area contributed by atoms with Gasteiger partial charge in [0.15, 0.2) is 5.78 Å². The molecule has 1 aliphatic carbocycles. The van der Waals surface area contributed by atoms with Crippen LogP contribution in [0.2, 0.25) is 10.0 Å². The Labute approximate surface area is 236 Å². The summed E-state index contributed by atoms with van der Waals surface area (Å²) >= 11 is 11.9. The summed E-state index contributed by atoms with van der Waals surface area (Å²) < 4.78 is 40.7. The lowest BCUT2D eigenvalue weighted by Crippen LogP contribution is -2.62. The second-order valence-electron chi connectivity index (χ2n) is 11.1. The summed E-state index contributed by atoms with van der Waals surface area (Å²) in [5, 5.41) is 3.38. The normalized spacial score (nSPS) is 24.6. The van der Waals surface area contributed by atoms with Gasteiger partial charge in [0.05, 0.1) is 10.6 Å². The minimum absolute atomic E-state index is 0.0422. The van der Waals surface area contributed by atoms with Gasteiger partial charge in [-0.05, 0) is 80.6 Å². The number of ketones is 1. The molecule has 5 rings (SSSR count). The zero-order valence-corrected chi connectivity index (χ0v) is 23.3. The third-order valence-corrected chi connectivity index (χ3v) is 9.19. The monoisotopic (exact) mass is 581 g/mol. The summed E-state index contributed by atoms with van der Waals surface area (Å²) in [7, 11) is 1.53. The Kier molecular flexibility index (Phi) is 8.04. The van der Waals surface area contributed by atoms with Crippen LogP contribution in [0.25, 0.3) is 0 Å². The second-order valence-corrected chi connectivity index (χ2v) is 11.9. The number of nitrogens with zero attached hydrogens (tertiary/aromatic N) is 2. The van der Waals surface area contributed by atoms with Crippen molar-refractivity contribution in [1.82, 2.24) is 15.1 Å². The van der Waals surface area contributed by atoms with Gasteiger partial charge in [-0.2, -0.15) is 13.2 Å². The molecule has 2 aliphatic heterocycles. The number of hydrogen-bond acceptors (Lipinski definition) is 4. The van der Waals surface area contributed by atoms with Crippen LogP contribution in [0.5, 0.6) is 0 Å². The molecular formula is C29H32Cl2F3N3O2. The lowest BCUT2D eigenvalue weighted by molar-refractivity contribution is -0.137. The van der Waals surface area contributed by atoms with Crippen LogP contribution in [0.15, 0.2) is 42.5 Å². The molecule has 0 radical (unpaired) electrons. The van der Waals surface area contributed by atoms with Crippen molar-refractivity contribution in [2.45, 2.75) is 43.3 Å². The van der Waals surface area contributed by atoms with E-state index in [1.54, 1.807) is 12.1 Å². The van der Waals surface area contributed by atoms with Crippen molar-refractivity contribution in [1.29, 1.82) is 0 Å². The first-order valence-corrected chi connectivity index (χ1v) is 14.1. The molecule has 0 unspecified atom stereocenters. The highest BCUT2D eigenvalue weighted by molar-refractivity contribution is 6.31. The Balaban J connectivity index is 1.49. The van der Waals surface area contributed by atoms with Crippen molar-refractivity contribution in [2.75, 3.05) is 39.8 Å². The van der Waals surface area contributed by atoms with E-state index in [0.29, 0.717) is 24.4 Å². The fourth-order valence-electron chi connectivity index (χ4n) is 6.21. The number of amides is 1. The van der Waals surface area contributed by atoms with Gasteiger partial charge in [-0.3, -0.25) is 9.59 Å². The number of alkyl halides is 3. The number of benzene rings is 2. The summed E-state index contributed by atoms with van der Waals surface area (Å²) in [6.07, 6.45) is -0.785. The van der Waals surface area contributed by atoms with E-state index in [9.17, 15) is 22.8 Å². The first-order valence-electron chi connectivity index (χ1n) is 13.4. The average molecular weight is 582 g/mol. The third kappa shape index (κ3) is 5.71. The first-order chi connectivity index (χ1) is 18.5. The van der Waals surface area contributed by atoms with Crippen molar-refractivity contribution in [2.24, 2.45) is 11.8 Å². The van der Waals surface area contributed by atoms with Gasteiger partial charge in [-0.25, -0.2) is 0 Å². The fraction of sp³-hybridized carbons (Fsp3) is 0.517. The SMILES string of the molecule is CN(C(=O)c1ccc(Cl)c(C(F)(F)F)c1)[C@]1(C(=O)C2CCN(CC3CC3)CC2)CNC[C@H]1c1ccc(Cl)cc1. The summed E-state index contributed by atoms with van der Waals surface area (Å²) in [4.78, 5) is 32.1. The van der Waals surface area contributed by atoms with Gasteiger partial charge in [-0.1, -0.05) is 35.3 Å². The molecule has 1 N–H and O–H groups in total. The molecule has 0 bridgehead atoms. The molecule has 3 aliphatic rings. The smallest absolute Gasteiger partial charge is 0.327 e. The Morgan fingerprint density at radius 3 is 2.33 bits per heavy atom. The molecule has 5 nitrogen and oxygen atoms in total. The number of piperidine rings is 1. The number of rotatable bonds is 7. The molecule has 10 heteroatoms. The van der Waals surface area contributed by atoms with Gasteiger partial charge in [0.1, 0.15) is 5.54 Å². The Bertz CT molecular complexity index is 1230. The minimum Gasteiger partial charge on any atom is -0.327 e.